The van der Waals surface area contributed by atoms with Crippen molar-refractivity contribution in [2.24, 2.45) is 0 Å². The van der Waals surface area contributed by atoms with Gasteiger partial charge in [-0.15, -0.1) is 0 Å². The molecule has 0 aliphatic rings. The summed E-state index contributed by atoms with van der Waals surface area (Å²) in [5.74, 6) is 1.14. The number of hydrogen-bond acceptors (Lipinski definition) is 7. The number of methoxy groups -OCH3 is 1. The molecule has 1 rings (SSSR count). The van der Waals surface area contributed by atoms with Gasteiger partial charge < -0.3 is 19.7 Å². The Bertz CT molecular complexity index is 351. The Morgan fingerprint density at radius 1 is 1.21 bits per heavy atom. The maximum absolute atomic E-state index is 5.36. The summed E-state index contributed by atoms with van der Waals surface area (Å²) in [6.45, 7) is 6.71. The van der Waals surface area contributed by atoms with E-state index in [0.29, 0.717) is 31.1 Å². The fraction of sp³-hybridized carbons (Fsp3) is 0.750. The minimum atomic E-state index is 0.349. The van der Waals surface area contributed by atoms with Gasteiger partial charge in [0.15, 0.2) is 0 Å². The molecule has 0 atom stereocenters. The van der Waals surface area contributed by atoms with Gasteiger partial charge in [0.2, 0.25) is 11.9 Å². The van der Waals surface area contributed by atoms with Gasteiger partial charge in [-0.1, -0.05) is 0 Å². The van der Waals surface area contributed by atoms with Gasteiger partial charge in [-0.25, -0.2) is 0 Å². The largest absolute Gasteiger partial charge is 0.464 e. The molecule has 0 saturated heterocycles. The van der Waals surface area contributed by atoms with E-state index in [4.69, 9.17) is 9.47 Å². The Morgan fingerprint density at radius 2 is 2.00 bits per heavy atom. The van der Waals surface area contributed by atoms with Crippen LogP contribution >= 0.6 is 0 Å². The van der Waals surface area contributed by atoms with Crippen LogP contribution < -0.4 is 15.0 Å². The van der Waals surface area contributed by atoms with Gasteiger partial charge in [-0.3, -0.25) is 0 Å². The first kappa shape index (κ1) is 15.4. The molecule has 0 radical (unpaired) electrons. The normalized spacial score (nSPS) is 10.3. The van der Waals surface area contributed by atoms with Crippen molar-refractivity contribution < 1.29 is 9.47 Å². The van der Waals surface area contributed by atoms with Crippen molar-refractivity contribution in [1.29, 1.82) is 0 Å². The minimum absolute atomic E-state index is 0.349. The monoisotopic (exact) mass is 269 g/mol. The predicted molar refractivity (Wildman–Crippen MR) is 74.9 cm³/mol. The lowest BCUT2D eigenvalue weighted by atomic mass is 10.4. The Morgan fingerprint density at radius 3 is 2.63 bits per heavy atom. The fourth-order valence-corrected chi connectivity index (χ4v) is 1.49. The second-order valence-electron chi connectivity index (χ2n) is 3.97. The van der Waals surface area contributed by atoms with Crippen LogP contribution in [-0.2, 0) is 4.74 Å². The summed E-state index contributed by atoms with van der Waals surface area (Å²) in [5, 5.41) is 3.08. The van der Waals surface area contributed by atoms with Crippen molar-refractivity contribution >= 4 is 11.9 Å². The maximum atomic E-state index is 5.36. The third kappa shape index (κ3) is 5.25. The molecule has 19 heavy (non-hydrogen) atoms. The zero-order valence-corrected chi connectivity index (χ0v) is 12.1. The van der Waals surface area contributed by atoms with E-state index in [0.717, 1.165) is 19.5 Å². The molecule has 7 nitrogen and oxygen atoms in total. The number of ether oxygens (including phenoxy) is 2. The first-order valence-electron chi connectivity index (χ1n) is 6.54. The third-order valence-electron chi connectivity index (χ3n) is 2.39. The fourth-order valence-electron chi connectivity index (χ4n) is 1.49. The lowest BCUT2D eigenvalue weighted by molar-refractivity contribution is 0.196. The molecular weight excluding hydrogens is 246 g/mol. The number of nitrogens with zero attached hydrogens (tertiary/aromatic N) is 4. The summed E-state index contributed by atoms with van der Waals surface area (Å²) in [6, 6.07) is 0.349. The summed E-state index contributed by atoms with van der Waals surface area (Å²) in [7, 11) is 3.63. The highest BCUT2D eigenvalue weighted by molar-refractivity contribution is 5.37. The van der Waals surface area contributed by atoms with E-state index in [1.54, 1.807) is 7.11 Å². The van der Waals surface area contributed by atoms with E-state index in [2.05, 4.69) is 20.3 Å². The summed E-state index contributed by atoms with van der Waals surface area (Å²) in [6.07, 6.45) is 0.916. The molecule has 1 aromatic heterocycles. The average Bonchev–Trinajstić information content (AvgIpc) is 2.39. The highest BCUT2D eigenvalue weighted by Gasteiger charge is 2.10. The summed E-state index contributed by atoms with van der Waals surface area (Å²) in [5.41, 5.74) is 0. The first-order valence-corrected chi connectivity index (χ1v) is 6.54. The molecule has 0 aliphatic carbocycles. The second kappa shape index (κ2) is 8.47. The Kier molecular flexibility index (Phi) is 6.88. The van der Waals surface area contributed by atoms with Gasteiger partial charge in [0.05, 0.1) is 6.61 Å². The van der Waals surface area contributed by atoms with Crippen molar-refractivity contribution in [2.45, 2.75) is 20.3 Å². The average molecular weight is 269 g/mol. The van der Waals surface area contributed by atoms with Crippen LogP contribution in [0.2, 0.25) is 0 Å². The Balaban J connectivity index is 2.78. The predicted octanol–water partition coefficient (Wildman–Crippen LogP) is 1.17. The van der Waals surface area contributed by atoms with E-state index in [9.17, 15) is 0 Å². The minimum Gasteiger partial charge on any atom is -0.464 e. The molecule has 108 valence electrons. The zero-order chi connectivity index (χ0) is 14.1. The molecule has 0 amide bonds. The number of nitrogens with one attached hydrogen (secondary N) is 1. The van der Waals surface area contributed by atoms with Crippen molar-refractivity contribution in [2.75, 3.05) is 50.7 Å². The van der Waals surface area contributed by atoms with Crippen molar-refractivity contribution in [3.63, 3.8) is 0 Å². The summed E-state index contributed by atoms with van der Waals surface area (Å²) < 4.78 is 10.4. The molecule has 0 spiro atoms. The zero-order valence-electron chi connectivity index (χ0n) is 12.1. The lowest BCUT2D eigenvalue weighted by Crippen LogP contribution is -2.23. The van der Waals surface area contributed by atoms with E-state index < -0.39 is 0 Å². The van der Waals surface area contributed by atoms with Crippen molar-refractivity contribution in [1.82, 2.24) is 15.0 Å². The number of hydrogen-bond donors (Lipinski definition) is 1. The van der Waals surface area contributed by atoms with E-state index in [1.165, 1.54) is 0 Å². The third-order valence-corrected chi connectivity index (χ3v) is 2.39. The standard InChI is InChI=1S/C12H23N5O2/c1-5-13-10-14-11(16-12(15-10)19-6-2)17(3)8-7-9-18-4/h5-9H2,1-4H3,(H,13,14,15,16). The van der Waals surface area contributed by atoms with Gasteiger partial charge in [-0.05, 0) is 20.3 Å². The van der Waals surface area contributed by atoms with Gasteiger partial charge >= 0.3 is 6.01 Å². The molecule has 0 fully saturated rings. The molecule has 0 aliphatic heterocycles. The SMILES string of the molecule is CCNc1nc(OCC)nc(N(C)CCCOC)n1. The van der Waals surface area contributed by atoms with Gasteiger partial charge in [0, 0.05) is 33.9 Å². The highest BCUT2D eigenvalue weighted by atomic mass is 16.5. The summed E-state index contributed by atoms with van der Waals surface area (Å²) in [4.78, 5) is 14.8. The summed E-state index contributed by atoms with van der Waals surface area (Å²) >= 11 is 0. The van der Waals surface area contributed by atoms with Gasteiger partial charge in [0.25, 0.3) is 0 Å². The van der Waals surface area contributed by atoms with Crippen LogP contribution in [0.5, 0.6) is 6.01 Å². The molecule has 7 heteroatoms. The Hall–Kier alpha value is -1.63. The highest BCUT2D eigenvalue weighted by Crippen LogP contribution is 2.14. The Labute approximate surface area is 114 Å². The van der Waals surface area contributed by atoms with Gasteiger partial charge in [0.1, 0.15) is 0 Å². The van der Waals surface area contributed by atoms with E-state index >= 15 is 0 Å². The second-order valence-corrected chi connectivity index (χ2v) is 3.97. The quantitative estimate of drug-likeness (QED) is 0.675. The molecule has 1 aromatic rings. The van der Waals surface area contributed by atoms with Crippen LogP contribution in [-0.4, -0.2) is 55.4 Å². The van der Waals surface area contributed by atoms with Crippen LogP contribution in [0.1, 0.15) is 20.3 Å². The first-order chi connectivity index (χ1) is 9.21. The van der Waals surface area contributed by atoms with Crippen molar-refractivity contribution in [3.8, 4) is 6.01 Å². The molecule has 0 saturated carbocycles. The number of anilines is 2. The molecular formula is C12H23N5O2. The van der Waals surface area contributed by atoms with Crippen LogP contribution in [0.15, 0.2) is 0 Å². The number of aromatic nitrogens is 3. The molecule has 1 heterocycles. The molecule has 0 aromatic carbocycles. The van der Waals surface area contributed by atoms with E-state index in [-0.39, 0.29) is 0 Å². The van der Waals surface area contributed by atoms with E-state index in [1.807, 2.05) is 25.8 Å². The molecule has 1 N–H and O–H groups in total. The molecule has 0 unspecified atom stereocenters. The smallest absolute Gasteiger partial charge is 0.323 e. The van der Waals surface area contributed by atoms with Crippen molar-refractivity contribution in [3.05, 3.63) is 0 Å². The van der Waals surface area contributed by atoms with Crippen LogP contribution in [0.25, 0.3) is 0 Å². The number of rotatable bonds is 9. The topological polar surface area (TPSA) is 72.4 Å². The van der Waals surface area contributed by atoms with Gasteiger partial charge in [-0.2, -0.15) is 15.0 Å². The van der Waals surface area contributed by atoms with Crippen LogP contribution in [0.4, 0.5) is 11.9 Å². The molecule has 0 bridgehead atoms. The van der Waals surface area contributed by atoms with Crippen LogP contribution in [0, 0.1) is 0 Å². The lowest BCUT2D eigenvalue weighted by Gasteiger charge is -2.17. The maximum Gasteiger partial charge on any atom is 0.323 e. The van der Waals surface area contributed by atoms with Crippen LogP contribution in [0.3, 0.4) is 0 Å².